The zero-order chi connectivity index (χ0) is 12.3. The first kappa shape index (κ1) is 12.0. The van der Waals surface area contributed by atoms with Crippen molar-refractivity contribution in [1.29, 1.82) is 0 Å². The van der Waals surface area contributed by atoms with Crippen LogP contribution in [0.3, 0.4) is 0 Å². The molecule has 0 saturated heterocycles. The highest BCUT2D eigenvalue weighted by Crippen LogP contribution is 2.28. The van der Waals surface area contributed by atoms with Gasteiger partial charge in [0.15, 0.2) is 11.6 Å². The van der Waals surface area contributed by atoms with E-state index in [2.05, 4.69) is 20.9 Å². The van der Waals surface area contributed by atoms with Gasteiger partial charge in [0, 0.05) is 16.2 Å². The Hall–Kier alpha value is -1.42. The Morgan fingerprint density at radius 2 is 2.12 bits per heavy atom. The number of nitrogens with zero attached hydrogens (tertiary/aromatic N) is 1. The molecule has 0 spiro atoms. The lowest BCUT2D eigenvalue weighted by Crippen LogP contribution is -1.96. The number of rotatable bonds is 3. The van der Waals surface area contributed by atoms with E-state index >= 15 is 0 Å². The van der Waals surface area contributed by atoms with Crippen molar-refractivity contribution in [2.75, 3.05) is 6.61 Å². The Balaban J connectivity index is 2.45. The molecule has 17 heavy (non-hydrogen) atoms. The molecule has 0 bridgehead atoms. The summed E-state index contributed by atoms with van der Waals surface area (Å²) in [6.45, 7) is 2.26. The lowest BCUT2D eigenvalue weighted by atomic mass is 10.1. The molecule has 2 aromatic rings. The number of ether oxygens (including phenoxy) is 1. The van der Waals surface area contributed by atoms with Gasteiger partial charge in [0.05, 0.1) is 12.3 Å². The summed E-state index contributed by atoms with van der Waals surface area (Å²) >= 11 is 3.29. The predicted molar refractivity (Wildman–Crippen MR) is 68.5 cm³/mol. The zero-order valence-electron chi connectivity index (χ0n) is 9.28. The van der Waals surface area contributed by atoms with E-state index in [0.29, 0.717) is 17.9 Å². The van der Waals surface area contributed by atoms with E-state index in [9.17, 15) is 4.39 Å². The maximum atomic E-state index is 14.1. The minimum atomic E-state index is -0.371. The smallest absolute Gasteiger partial charge is 0.174 e. The van der Waals surface area contributed by atoms with Crippen molar-refractivity contribution < 1.29 is 9.13 Å². The molecular weight excluding hydrogens is 285 g/mol. The van der Waals surface area contributed by atoms with Crippen LogP contribution in [0.2, 0.25) is 0 Å². The molecule has 1 aromatic carbocycles. The molecule has 2 rings (SSSR count). The molecule has 0 fully saturated rings. The second-order valence-electron chi connectivity index (χ2n) is 3.41. The molecule has 0 radical (unpaired) electrons. The minimum Gasteiger partial charge on any atom is -0.491 e. The van der Waals surface area contributed by atoms with Crippen LogP contribution in [-0.4, -0.2) is 11.6 Å². The van der Waals surface area contributed by atoms with Gasteiger partial charge in [-0.25, -0.2) is 4.39 Å². The monoisotopic (exact) mass is 295 g/mol. The third kappa shape index (κ3) is 2.64. The van der Waals surface area contributed by atoms with Crippen molar-refractivity contribution in [3.63, 3.8) is 0 Å². The molecular formula is C13H11BrFNO. The summed E-state index contributed by atoms with van der Waals surface area (Å²) in [5.41, 5.74) is 1.04. The molecule has 0 unspecified atom stereocenters. The van der Waals surface area contributed by atoms with Crippen molar-refractivity contribution >= 4 is 15.9 Å². The van der Waals surface area contributed by atoms with Crippen LogP contribution in [0.1, 0.15) is 6.92 Å². The summed E-state index contributed by atoms with van der Waals surface area (Å²) in [5.74, 6) is -0.112. The first-order valence-corrected chi connectivity index (χ1v) is 6.05. The van der Waals surface area contributed by atoms with E-state index in [-0.39, 0.29) is 11.6 Å². The van der Waals surface area contributed by atoms with Gasteiger partial charge in [0.2, 0.25) is 0 Å². The highest BCUT2D eigenvalue weighted by Gasteiger charge is 2.11. The molecule has 0 N–H and O–H groups in total. The van der Waals surface area contributed by atoms with Gasteiger partial charge in [0.1, 0.15) is 0 Å². The Kier molecular flexibility index (Phi) is 3.74. The molecule has 0 aliphatic carbocycles. The summed E-state index contributed by atoms with van der Waals surface area (Å²) in [6.07, 6.45) is 1.64. The molecule has 0 aliphatic heterocycles. The number of hydrogen-bond donors (Lipinski definition) is 0. The van der Waals surface area contributed by atoms with Crippen molar-refractivity contribution in [2.45, 2.75) is 6.92 Å². The minimum absolute atomic E-state index is 0.259. The summed E-state index contributed by atoms with van der Waals surface area (Å²) in [4.78, 5) is 4.17. The molecule has 1 heterocycles. The average molecular weight is 296 g/mol. The van der Waals surface area contributed by atoms with Crippen molar-refractivity contribution in [1.82, 2.24) is 4.98 Å². The number of aromatic nitrogens is 1. The van der Waals surface area contributed by atoms with Gasteiger partial charge in [0.25, 0.3) is 0 Å². The first-order chi connectivity index (χ1) is 8.22. The highest BCUT2D eigenvalue weighted by molar-refractivity contribution is 9.10. The van der Waals surface area contributed by atoms with Crippen LogP contribution >= 0.6 is 15.9 Å². The van der Waals surface area contributed by atoms with Crippen molar-refractivity contribution in [2.24, 2.45) is 0 Å². The van der Waals surface area contributed by atoms with Crippen LogP contribution in [0.15, 0.2) is 41.0 Å². The number of benzene rings is 1. The zero-order valence-corrected chi connectivity index (χ0v) is 10.9. The summed E-state index contributed by atoms with van der Waals surface area (Å²) in [5, 5.41) is 0. The second-order valence-corrected chi connectivity index (χ2v) is 4.33. The summed E-state index contributed by atoms with van der Waals surface area (Å²) in [6, 6.07) is 8.65. The predicted octanol–water partition coefficient (Wildman–Crippen LogP) is 4.05. The Labute approximate surface area is 108 Å². The van der Waals surface area contributed by atoms with E-state index in [1.54, 1.807) is 30.5 Å². The summed E-state index contributed by atoms with van der Waals surface area (Å²) < 4.78 is 20.1. The van der Waals surface area contributed by atoms with E-state index in [0.717, 1.165) is 4.47 Å². The highest BCUT2D eigenvalue weighted by atomic mass is 79.9. The van der Waals surface area contributed by atoms with E-state index < -0.39 is 0 Å². The van der Waals surface area contributed by atoms with E-state index in [4.69, 9.17) is 4.74 Å². The second kappa shape index (κ2) is 5.27. The molecule has 0 amide bonds. The van der Waals surface area contributed by atoms with Gasteiger partial charge < -0.3 is 4.74 Å². The molecule has 4 heteroatoms. The van der Waals surface area contributed by atoms with E-state index in [1.807, 2.05) is 13.0 Å². The molecule has 1 aromatic heterocycles. The van der Waals surface area contributed by atoms with Crippen LogP contribution in [-0.2, 0) is 0 Å². The fraction of sp³-hybridized carbons (Fsp3) is 0.154. The molecule has 0 atom stereocenters. The van der Waals surface area contributed by atoms with Crippen LogP contribution in [0.5, 0.6) is 5.75 Å². The SMILES string of the molecule is CCOc1cccc(-c2ccc(Br)cn2)c1F. The lowest BCUT2D eigenvalue weighted by Gasteiger charge is -2.08. The normalized spacial score (nSPS) is 10.3. The third-order valence-corrected chi connectivity index (χ3v) is 2.74. The topological polar surface area (TPSA) is 22.1 Å². The Morgan fingerprint density at radius 1 is 1.29 bits per heavy atom. The van der Waals surface area contributed by atoms with Crippen LogP contribution in [0.4, 0.5) is 4.39 Å². The quantitative estimate of drug-likeness (QED) is 0.852. The fourth-order valence-corrected chi connectivity index (χ4v) is 1.75. The van der Waals surface area contributed by atoms with E-state index in [1.165, 1.54) is 0 Å². The third-order valence-electron chi connectivity index (χ3n) is 2.27. The largest absolute Gasteiger partial charge is 0.491 e. The number of halogens is 2. The Morgan fingerprint density at radius 3 is 2.76 bits per heavy atom. The maximum Gasteiger partial charge on any atom is 0.174 e. The van der Waals surface area contributed by atoms with Crippen LogP contribution < -0.4 is 4.74 Å². The fourth-order valence-electron chi connectivity index (χ4n) is 1.51. The number of pyridine rings is 1. The van der Waals surface area contributed by atoms with Crippen LogP contribution in [0, 0.1) is 5.82 Å². The van der Waals surface area contributed by atoms with Gasteiger partial charge in [-0.2, -0.15) is 0 Å². The van der Waals surface area contributed by atoms with Gasteiger partial charge in [-0.05, 0) is 47.1 Å². The first-order valence-electron chi connectivity index (χ1n) is 5.25. The average Bonchev–Trinajstić information content (AvgIpc) is 2.34. The van der Waals surface area contributed by atoms with Crippen molar-refractivity contribution in [3.05, 3.63) is 46.8 Å². The van der Waals surface area contributed by atoms with Gasteiger partial charge in [-0.3, -0.25) is 4.98 Å². The standard InChI is InChI=1S/C13H11BrFNO/c1-2-17-12-5-3-4-10(13(12)15)11-7-6-9(14)8-16-11/h3-8H,2H2,1H3. The van der Waals surface area contributed by atoms with Crippen molar-refractivity contribution in [3.8, 4) is 17.0 Å². The molecule has 0 aliphatic rings. The summed E-state index contributed by atoms with van der Waals surface area (Å²) in [7, 11) is 0. The van der Waals surface area contributed by atoms with Crippen LogP contribution in [0.25, 0.3) is 11.3 Å². The molecule has 0 saturated carbocycles. The maximum absolute atomic E-state index is 14.1. The molecule has 88 valence electrons. The Bertz CT molecular complexity index is 513. The lowest BCUT2D eigenvalue weighted by molar-refractivity contribution is 0.322. The number of hydrogen-bond acceptors (Lipinski definition) is 2. The van der Waals surface area contributed by atoms with Gasteiger partial charge in [-0.1, -0.05) is 6.07 Å². The molecule has 2 nitrogen and oxygen atoms in total. The van der Waals surface area contributed by atoms with Gasteiger partial charge in [-0.15, -0.1) is 0 Å². The van der Waals surface area contributed by atoms with Gasteiger partial charge >= 0.3 is 0 Å².